The van der Waals surface area contributed by atoms with Crippen LogP contribution in [0.1, 0.15) is 28.3 Å². The molecule has 1 aliphatic rings. The minimum atomic E-state index is -0.340. The van der Waals surface area contributed by atoms with E-state index >= 15 is 0 Å². The molecule has 2 heterocycles. The van der Waals surface area contributed by atoms with Crippen LogP contribution in [0.2, 0.25) is 0 Å². The number of nitrogens with one attached hydrogen (secondary N) is 1. The number of benzene rings is 1. The second kappa shape index (κ2) is 7.96. The number of likely N-dealkylation sites (N-methyl/N-ethyl adjacent to an activating group) is 1. The number of esters is 1. The van der Waals surface area contributed by atoms with Crippen LogP contribution >= 0.6 is 15.9 Å². The van der Waals surface area contributed by atoms with E-state index in [4.69, 9.17) is 4.74 Å². The zero-order valence-electron chi connectivity index (χ0n) is 15.4. The number of ether oxygens (including phenoxy) is 1. The zero-order valence-corrected chi connectivity index (χ0v) is 17.0. The fourth-order valence-corrected chi connectivity index (χ4v) is 3.59. The predicted molar refractivity (Wildman–Crippen MR) is 107 cm³/mol. The van der Waals surface area contributed by atoms with E-state index in [1.54, 1.807) is 25.4 Å². The van der Waals surface area contributed by atoms with Gasteiger partial charge < -0.3 is 15.0 Å². The van der Waals surface area contributed by atoms with Crippen molar-refractivity contribution in [3.8, 4) is 0 Å². The first-order chi connectivity index (χ1) is 12.9. The lowest BCUT2D eigenvalue weighted by atomic mass is 9.91. The van der Waals surface area contributed by atoms with Gasteiger partial charge in [0, 0.05) is 38.5 Å². The number of carbonyl (C=O) groups excluding carboxylic acids is 1. The maximum atomic E-state index is 12.0. The lowest BCUT2D eigenvalue weighted by Crippen LogP contribution is -2.28. The van der Waals surface area contributed by atoms with Crippen LogP contribution in [0, 0.1) is 0 Å². The number of hydrogen-bond donors (Lipinski definition) is 1. The summed E-state index contributed by atoms with van der Waals surface area (Å²) in [6, 6.07) is 7.49. The first kappa shape index (κ1) is 19.2. The Labute approximate surface area is 165 Å². The van der Waals surface area contributed by atoms with Crippen LogP contribution in [0.4, 0.5) is 5.69 Å². The SMILES string of the molecule is COC(=O)c1ccc([C@H]2CC(Nc3cnn(C)c(=O)c3Br)=CN(C)C2)cc1. The summed E-state index contributed by atoms with van der Waals surface area (Å²) in [5.74, 6) is -0.0833. The van der Waals surface area contributed by atoms with Crippen LogP contribution in [0.5, 0.6) is 0 Å². The molecule has 0 aliphatic carbocycles. The molecule has 0 saturated heterocycles. The first-order valence-corrected chi connectivity index (χ1v) is 9.26. The van der Waals surface area contributed by atoms with Crippen molar-refractivity contribution < 1.29 is 9.53 Å². The maximum absolute atomic E-state index is 12.0. The van der Waals surface area contributed by atoms with Gasteiger partial charge in [-0.25, -0.2) is 9.48 Å². The lowest BCUT2D eigenvalue weighted by Gasteiger charge is -2.31. The second-order valence-corrected chi connectivity index (χ2v) is 7.33. The van der Waals surface area contributed by atoms with Gasteiger partial charge in [0.1, 0.15) is 4.47 Å². The molecule has 0 unspecified atom stereocenters. The highest BCUT2D eigenvalue weighted by Gasteiger charge is 2.21. The van der Waals surface area contributed by atoms with Gasteiger partial charge in [0.25, 0.3) is 5.56 Å². The Hall–Kier alpha value is -2.61. The van der Waals surface area contributed by atoms with Gasteiger partial charge >= 0.3 is 5.97 Å². The number of anilines is 1. The van der Waals surface area contributed by atoms with Crippen LogP contribution in [0.3, 0.4) is 0 Å². The third-order valence-electron chi connectivity index (χ3n) is 4.53. The van der Waals surface area contributed by atoms with Crippen LogP contribution in [0.25, 0.3) is 0 Å². The van der Waals surface area contributed by atoms with E-state index in [0.29, 0.717) is 15.7 Å². The number of rotatable bonds is 4. The summed E-state index contributed by atoms with van der Waals surface area (Å²) in [6.07, 6.45) is 4.44. The number of methoxy groups -OCH3 is 1. The minimum absolute atomic E-state index is 0.195. The number of aryl methyl sites for hydroxylation is 1. The van der Waals surface area contributed by atoms with Gasteiger partial charge in [0.05, 0.1) is 24.6 Å². The molecule has 1 N–H and O–H groups in total. The van der Waals surface area contributed by atoms with Crippen LogP contribution in [-0.4, -0.2) is 41.4 Å². The Morgan fingerprint density at radius 3 is 2.67 bits per heavy atom. The number of aromatic nitrogens is 2. The molecule has 0 spiro atoms. The fraction of sp³-hybridized carbons (Fsp3) is 0.316. The Morgan fingerprint density at radius 1 is 1.30 bits per heavy atom. The number of carbonyl (C=O) groups is 1. The average molecular weight is 433 g/mol. The van der Waals surface area contributed by atoms with Gasteiger partial charge in [-0.15, -0.1) is 0 Å². The first-order valence-electron chi connectivity index (χ1n) is 8.47. The summed E-state index contributed by atoms with van der Waals surface area (Å²) in [4.78, 5) is 25.7. The van der Waals surface area contributed by atoms with E-state index in [1.807, 2.05) is 25.4 Å². The van der Waals surface area contributed by atoms with E-state index in [9.17, 15) is 9.59 Å². The van der Waals surface area contributed by atoms with E-state index in [-0.39, 0.29) is 17.4 Å². The summed E-state index contributed by atoms with van der Waals surface area (Å²) in [5.41, 5.74) is 3.11. The fourth-order valence-electron chi connectivity index (χ4n) is 3.14. The molecule has 1 aromatic carbocycles. The molecule has 0 bridgehead atoms. The molecule has 1 atom stereocenters. The Morgan fingerprint density at radius 2 is 2.00 bits per heavy atom. The van der Waals surface area contributed by atoms with Gasteiger partial charge in [-0.05, 0) is 40.0 Å². The number of hydrogen-bond acceptors (Lipinski definition) is 6. The highest BCUT2D eigenvalue weighted by molar-refractivity contribution is 9.10. The third-order valence-corrected chi connectivity index (χ3v) is 5.29. The van der Waals surface area contributed by atoms with Crippen LogP contribution in [-0.2, 0) is 11.8 Å². The van der Waals surface area contributed by atoms with Crippen molar-refractivity contribution in [3.05, 3.63) is 68.3 Å². The number of allylic oxidation sites excluding steroid dienone is 1. The minimum Gasteiger partial charge on any atom is -0.465 e. The third kappa shape index (κ3) is 4.21. The Balaban J connectivity index is 1.79. The molecule has 0 fully saturated rings. The van der Waals surface area contributed by atoms with Gasteiger partial charge in [0.15, 0.2) is 0 Å². The highest BCUT2D eigenvalue weighted by Crippen LogP contribution is 2.30. The smallest absolute Gasteiger partial charge is 0.337 e. The molecule has 27 heavy (non-hydrogen) atoms. The summed E-state index contributed by atoms with van der Waals surface area (Å²) in [7, 11) is 4.99. The summed E-state index contributed by atoms with van der Waals surface area (Å²) in [6.45, 7) is 0.860. The van der Waals surface area contributed by atoms with Crippen LogP contribution < -0.4 is 10.9 Å². The summed E-state index contributed by atoms with van der Waals surface area (Å²) < 4.78 is 6.48. The largest absolute Gasteiger partial charge is 0.465 e. The van der Waals surface area contributed by atoms with E-state index < -0.39 is 0 Å². The van der Waals surface area contributed by atoms with Gasteiger partial charge in [-0.2, -0.15) is 5.10 Å². The van der Waals surface area contributed by atoms with Crippen molar-refractivity contribution >= 4 is 27.6 Å². The monoisotopic (exact) mass is 432 g/mol. The van der Waals surface area contributed by atoms with Gasteiger partial charge in [-0.3, -0.25) is 4.79 Å². The Bertz CT molecular complexity index is 937. The molecule has 0 radical (unpaired) electrons. The van der Waals surface area contributed by atoms with Crippen molar-refractivity contribution in [1.29, 1.82) is 0 Å². The zero-order chi connectivity index (χ0) is 19.6. The van der Waals surface area contributed by atoms with Crippen molar-refractivity contribution in [2.75, 3.05) is 26.0 Å². The molecule has 142 valence electrons. The second-order valence-electron chi connectivity index (χ2n) is 6.53. The molecule has 1 aliphatic heterocycles. The molecule has 3 rings (SSSR count). The van der Waals surface area contributed by atoms with Crippen molar-refractivity contribution in [3.63, 3.8) is 0 Å². The summed E-state index contributed by atoms with van der Waals surface area (Å²) >= 11 is 3.34. The molecule has 8 heteroatoms. The van der Waals surface area contributed by atoms with Crippen LogP contribution in [0.15, 0.2) is 51.6 Å². The molecule has 0 amide bonds. The number of nitrogens with zero attached hydrogens (tertiary/aromatic N) is 3. The normalized spacial score (nSPS) is 16.7. The molecular formula is C19H21BrN4O3. The molecule has 1 aromatic heterocycles. The van der Waals surface area contributed by atoms with Gasteiger partial charge in [-0.1, -0.05) is 12.1 Å². The molecule has 0 saturated carbocycles. The lowest BCUT2D eigenvalue weighted by molar-refractivity contribution is 0.0600. The van der Waals surface area contributed by atoms with Crippen molar-refractivity contribution in [2.45, 2.75) is 12.3 Å². The molecular weight excluding hydrogens is 412 g/mol. The van der Waals surface area contributed by atoms with E-state index in [1.165, 1.54) is 11.8 Å². The topological polar surface area (TPSA) is 76.5 Å². The molecule has 7 nitrogen and oxygen atoms in total. The maximum Gasteiger partial charge on any atom is 0.337 e. The summed E-state index contributed by atoms with van der Waals surface area (Å²) in [5, 5.41) is 7.37. The average Bonchev–Trinajstić information content (AvgIpc) is 2.67. The standard InChI is InChI=1S/C19H21BrN4O3/c1-23-10-14(12-4-6-13(7-5-12)19(26)27-3)8-15(11-23)22-16-9-21-24(2)18(25)17(16)20/h4-7,9,11,14,22H,8,10H2,1-3H3/t14-/m0/s1. The number of halogens is 1. The predicted octanol–water partition coefficient (Wildman–Crippen LogP) is 2.70. The highest BCUT2D eigenvalue weighted by atomic mass is 79.9. The van der Waals surface area contributed by atoms with Gasteiger partial charge in [0.2, 0.25) is 0 Å². The van der Waals surface area contributed by atoms with Crippen molar-refractivity contribution in [2.24, 2.45) is 7.05 Å². The quantitative estimate of drug-likeness (QED) is 0.748. The van der Waals surface area contributed by atoms with Crippen molar-refractivity contribution in [1.82, 2.24) is 14.7 Å². The van der Waals surface area contributed by atoms with E-state index in [0.717, 1.165) is 24.2 Å². The van der Waals surface area contributed by atoms with E-state index in [2.05, 4.69) is 31.2 Å². The Kier molecular flexibility index (Phi) is 5.65. The molecule has 2 aromatic rings.